The van der Waals surface area contributed by atoms with E-state index in [4.69, 9.17) is 17.0 Å². The first-order chi connectivity index (χ1) is 11.2. The first kappa shape index (κ1) is 20.6. The van der Waals surface area contributed by atoms with E-state index in [0.717, 1.165) is 6.42 Å². The lowest BCUT2D eigenvalue weighted by Crippen LogP contribution is -2.04. The number of cyclic esters (lactones) is 1. The Balaban J connectivity index is 1.75. The number of thiocarbonyl (C=S) groups is 1. The van der Waals surface area contributed by atoms with Gasteiger partial charge >= 0.3 is 5.97 Å². The summed E-state index contributed by atoms with van der Waals surface area (Å²) in [6.45, 7) is 2.28. The van der Waals surface area contributed by atoms with Gasteiger partial charge in [-0.3, -0.25) is 4.79 Å². The number of carbonyl (C=O) groups excluding carboxylic acids is 1. The molecule has 0 radical (unpaired) electrons. The Labute approximate surface area is 148 Å². The van der Waals surface area contributed by atoms with E-state index in [1.165, 1.54) is 89.9 Å². The SMILES string of the molecule is CCCCCCCCCCCCCCCCC1CC(=O)OC1=S. The molecule has 1 rings (SSSR count). The quantitative estimate of drug-likeness (QED) is 0.187. The van der Waals surface area contributed by atoms with Gasteiger partial charge < -0.3 is 4.74 Å². The van der Waals surface area contributed by atoms with E-state index < -0.39 is 0 Å². The highest BCUT2D eigenvalue weighted by atomic mass is 32.1. The summed E-state index contributed by atoms with van der Waals surface area (Å²) in [4.78, 5) is 11.1. The van der Waals surface area contributed by atoms with Crippen molar-refractivity contribution in [3.8, 4) is 0 Å². The van der Waals surface area contributed by atoms with E-state index in [0.29, 0.717) is 11.5 Å². The summed E-state index contributed by atoms with van der Waals surface area (Å²) < 4.78 is 4.94. The van der Waals surface area contributed by atoms with E-state index in [-0.39, 0.29) is 11.9 Å². The maximum Gasteiger partial charge on any atom is 0.312 e. The van der Waals surface area contributed by atoms with Crippen molar-refractivity contribution in [3.63, 3.8) is 0 Å². The van der Waals surface area contributed by atoms with Crippen molar-refractivity contribution in [1.82, 2.24) is 0 Å². The van der Waals surface area contributed by atoms with Crippen LogP contribution in [0.3, 0.4) is 0 Å². The molecule has 0 aromatic carbocycles. The van der Waals surface area contributed by atoms with Crippen LogP contribution >= 0.6 is 12.2 Å². The fourth-order valence-electron chi connectivity index (χ4n) is 3.33. The van der Waals surface area contributed by atoms with Crippen molar-refractivity contribution >= 4 is 23.2 Å². The molecular weight excluding hydrogens is 304 g/mol. The molecule has 2 nitrogen and oxygen atoms in total. The molecule has 1 unspecified atom stereocenters. The fraction of sp³-hybridized carbons (Fsp3) is 0.900. The highest BCUT2D eigenvalue weighted by Gasteiger charge is 2.28. The van der Waals surface area contributed by atoms with Crippen LogP contribution in [0.25, 0.3) is 0 Å². The summed E-state index contributed by atoms with van der Waals surface area (Å²) in [7, 11) is 0. The first-order valence-corrected chi connectivity index (χ1v) is 10.4. The van der Waals surface area contributed by atoms with Crippen LogP contribution in [0.5, 0.6) is 0 Å². The van der Waals surface area contributed by atoms with Gasteiger partial charge in [0.25, 0.3) is 0 Å². The second kappa shape index (κ2) is 13.9. The normalized spacial score (nSPS) is 17.7. The van der Waals surface area contributed by atoms with Crippen LogP contribution < -0.4 is 0 Å². The fourth-order valence-corrected chi connectivity index (χ4v) is 3.62. The highest BCUT2D eigenvalue weighted by molar-refractivity contribution is 7.80. The zero-order chi connectivity index (χ0) is 16.8. The Morgan fingerprint density at radius 3 is 1.65 bits per heavy atom. The minimum Gasteiger partial charge on any atom is -0.419 e. The Morgan fingerprint density at radius 2 is 1.26 bits per heavy atom. The third-order valence-electron chi connectivity index (χ3n) is 4.87. The maximum absolute atomic E-state index is 11.1. The Morgan fingerprint density at radius 1 is 0.826 bits per heavy atom. The summed E-state index contributed by atoms with van der Waals surface area (Å²) >= 11 is 5.07. The number of hydrogen-bond donors (Lipinski definition) is 0. The van der Waals surface area contributed by atoms with Crippen LogP contribution in [-0.2, 0) is 9.53 Å². The molecule has 0 spiro atoms. The lowest BCUT2D eigenvalue weighted by molar-refractivity contribution is -0.133. The first-order valence-electron chi connectivity index (χ1n) is 9.98. The molecule has 1 fully saturated rings. The molecule has 0 amide bonds. The summed E-state index contributed by atoms with van der Waals surface area (Å²) in [6.07, 6.45) is 20.8. The third-order valence-corrected chi connectivity index (χ3v) is 5.28. The average molecular weight is 341 g/mol. The Kier molecular flexibility index (Phi) is 12.5. The minimum absolute atomic E-state index is 0.134. The van der Waals surface area contributed by atoms with Gasteiger partial charge in [-0.1, -0.05) is 96.8 Å². The van der Waals surface area contributed by atoms with Crippen molar-refractivity contribution < 1.29 is 9.53 Å². The van der Waals surface area contributed by atoms with Crippen LogP contribution in [0.1, 0.15) is 110 Å². The molecule has 0 aromatic rings. The van der Waals surface area contributed by atoms with Gasteiger partial charge in [0.1, 0.15) is 0 Å². The van der Waals surface area contributed by atoms with Crippen LogP contribution in [0.15, 0.2) is 0 Å². The zero-order valence-electron chi connectivity index (χ0n) is 15.1. The Hall–Kier alpha value is -0.440. The minimum atomic E-state index is -0.134. The molecule has 1 heterocycles. The standard InChI is InChI=1S/C20H36O2S/c1-2-3-4-5-6-7-8-9-10-11-12-13-14-15-16-18-17-19(21)22-20(18)23/h18H,2-17H2,1H3. The molecular formula is C20H36O2S. The molecule has 1 aliphatic rings. The molecule has 3 heteroatoms. The van der Waals surface area contributed by atoms with Crippen molar-refractivity contribution in [1.29, 1.82) is 0 Å². The van der Waals surface area contributed by atoms with E-state index in [1.54, 1.807) is 0 Å². The summed E-state index contributed by atoms with van der Waals surface area (Å²) in [6, 6.07) is 0. The van der Waals surface area contributed by atoms with Gasteiger partial charge in [-0.05, 0) is 18.6 Å². The molecule has 0 N–H and O–H groups in total. The Bertz CT molecular complexity index is 328. The van der Waals surface area contributed by atoms with E-state index in [9.17, 15) is 4.79 Å². The van der Waals surface area contributed by atoms with Gasteiger partial charge in [-0.25, -0.2) is 0 Å². The van der Waals surface area contributed by atoms with E-state index in [2.05, 4.69) is 6.92 Å². The van der Waals surface area contributed by atoms with Crippen LogP contribution in [-0.4, -0.2) is 11.0 Å². The number of unbranched alkanes of at least 4 members (excludes halogenated alkanes) is 13. The number of ether oxygens (including phenoxy) is 1. The molecule has 1 saturated heterocycles. The number of carbonyl (C=O) groups is 1. The van der Waals surface area contributed by atoms with Gasteiger partial charge in [0.15, 0.2) is 5.05 Å². The van der Waals surface area contributed by atoms with Crippen molar-refractivity contribution in [3.05, 3.63) is 0 Å². The van der Waals surface area contributed by atoms with Crippen molar-refractivity contribution in [2.75, 3.05) is 0 Å². The summed E-state index contributed by atoms with van der Waals surface area (Å²) in [5.74, 6) is 0.0835. The maximum atomic E-state index is 11.1. The highest BCUT2D eigenvalue weighted by Crippen LogP contribution is 2.23. The monoisotopic (exact) mass is 340 g/mol. The summed E-state index contributed by atoms with van der Waals surface area (Å²) in [5, 5.41) is 0.532. The van der Waals surface area contributed by atoms with Gasteiger partial charge in [-0.2, -0.15) is 0 Å². The van der Waals surface area contributed by atoms with Gasteiger partial charge in [0.2, 0.25) is 0 Å². The van der Waals surface area contributed by atoms with Crippen LogP contribution in [0.2, 0.25) is 0 Å². The average Bonchev–Trinajstić information content (AvgIpc) is 2.85. The summed E-state index contributed by atoms with van der Waals surface area (Å²) in [5.41, 5.74) is 0. The van der Waals surface area contributed by atoms with E-state index in [1.807, 2.05) is 0 Å². The third kappa shape index (κ3) is 10.9. The van der Waals surface area contributed by atoms with E-state index >= 15 is 0 Å². The molecule has 23 heavy (non-hydrogen) atoms. The van der Waals surface area contributed by atoms with Crippen molar-refractivity contribution in [2.24, 2.45) is 5.92 Å². The number of rotatable bonds is 15. The molecule has 0 aliphatic carbocycles. The predicted octanol–water partition coefficient (Wildman–Crippen LogP) is 6.75. The second-order valence-corrected chi connectivity index (χ2v) is 7.48. The smallest absolute Gasteiger partial charge is 0.312 e. The topological polar surface area (TPSA) is 26.3 Å². The largest absolute Gasteiger partial charge is 0.419 e. The van der Waals surface area contributed by atoms with Crippen LogP contribution in [0.4, 0.5) is 0 Å². The predicted molar refractivity (Wildman–Crippen MR) is 102 cm³/mol. The zero-order valence-corrected chi connectivity index (χ0v) is 15.9. The molecule has 1 aliphatic heterocycles. The van der Waals surface area contributed by atoms with Gasteiger partial charge in [0, 0.05) is 5.92 Å². The van der Waals surface area contributed by atoms with Gasteiger partial charge in [0.05, 0.1) is 6.42 Å². The lowest BCUT2D eigenvalue weighted by Gasteiger charge is -2.06. The number of hydrogen-bond acceptors (Lipinski definition) is 3. The molecule has 0 bridgehead atoms. The van der Waals surface area contributed by atoms with Crippen molar-refractivity contribution in [2.45, 2.75) is 110 Å². The lowest BCUT2D eigenvalue weighted by atomic mass is 9.99. The molecule has 0 saturated carbocycles. The molecule has 1 atom stereocenters. The van der Waals surface area contributed by atoms with Crippen LogP contribution in [0, 0.1) is 5.92 Å². The molecule has 0 aromatic heterocycles. The number of esters is 1. The second-order valence-electron chi connectivity index (χ2n) is 7.08. The molecule has 134 valence electrons. The van der Waals surface area contributed by atoms with Gasteiger partial charge in [-0.15, -0.1) is 0 Å².